The maximum atomic E-state index is 9.41. The molecule has 1 rings (SSSR count). The molecule has 0 amide bonds. The first-order valence-electron chi connectivity index (χ1n) is 3.56. The molecule has 1 unspecified atom stereocenters. The summed E-state index contributed by atoms with van der Waals surface area (Å²) in [6.07, 6.45) is 0.984. The van der Waals surface area contributed by atoms with Crippen LogP contribution in [0.1, 0.15) is 18.7 Å². The van der Waals surface area contributed by atoms with Crippen LogP contribution in [0.15, 0.2) is 24.4 Å². The molecule has 0 saturated carbocycles. The number of nitrogens with two attached hydrogens (primary N) is 1. The second-order valence-electron chi connectivity index (χ2n) is 2.56. The molecule has 0 aliphatic rings. The molecule has 3 nitrogen and oxygen atoms in total. The number of pyridine rings is 1. The Hall–Kier alpha value is -0.930. The smallest absolute Gasteiger partial charge is 0.111 e. The quantitative estimate of drug-likeness (QED) is 0.647. The van der Waals surface area contributed by atoms with Gasteiger partial charge in [-0.15, -0.1) is 0 Å². The van der Waals surface area contributed by atoms with Crippen LogP contribution in [0.25, 0.3) is 0 Å². The monoisotopic (exact) mass is 152 g/mol. The molecule has 0 aliphatic heterocycles. The lowest BCUT2D eigenvalue weighted by Crippen LogP contribution is -2.24. The molecule has 1 aromatic rings. The molecule has 0 fully saturated rings. The summed E-state index contributed by atoms with van der Waals surface area (Å²) in [7, 11) is 0. The van der Waals surface area contributed by atoms with Gasteiger partial charge in [-0.1, -0.05) is 6.07 Å². The summed E-state index contributed by atoms with van der Waals surface area (Å²) in [6.45, 7) is 1.75. The van der Waals surface area contributed by atoms with E-state index in [4.69, 9.17) is 5.73 Å². The SMILES string of the molecule is C[C@H](N)C(O)c1ccccn1. The van der Waals surface area contributed by atoms with E-state index in [1.54, 1.807) is 25.3 Å². The number of aliphatic hydroxyl groups excluding tert-OH is 1. The van der Waals surface area contributed by atoms with Crippen LogP contribution in [0.4, 0.5) is 0 Å². The first-order valence-corrected chi connectivity index (χ1v) is 3.56. The summed E-state index contributed by atoms with van der Waals surface area (Å²) >= 11 is 0. The highest BCUT2D eigenvalue weighted by Crippen LogP contribution is 2.10. The van der Waals surface area contributed by atoms with Crippen molar-refractivity contribution in [2.24, 2.45) is 5.73 Å². The van der Waals surface area contributed by atoms with E-state index in [1.807, 2.05) is 6.07 Å². The van der Waals surface area contributed by atoms with Gasteiger partial charge >= 0.3 is 0 Å². The van der Waals surface area contributed by atoms with Crippen molar-refractivity contribution < 1.29 is 5.11 Å². The first-order chi connectivity index (χ1) is 5.22. The minimum Gasteiger partial charge on any atom is -0.385 e. The zero-order valence-corrected chi connectivity index (χ0v) is 6.44. The van der Waals surface area contributed by atoms with Crippen LogP contribution in [0, 0.1) is 0 Å². The average molecular weight is 152 g/mol. The Labute approximate surface area is 65.9 Å². The summed E-state index contributed by atoms with van der Waals surface area (Å²) in [5.74, 6) is 0. The van der Waals surface area contributed by atoms with Crippen molar-refractivity contribution in [2.75, 3.05) is 0 Å². The minimum atomic E-state index is -0.656. The van der Waals surface area contributed by atoms with Gasteiger partial charge in [0.1, 0.15) is 6.10 Å². The Morgan fingerprint density at radius 3 is 2.73 bits per heavy atom. The van der Waals surface area contributed by atoms with Crippen molar-refractivity contribution >= 4 is 0 Å². The molecule has 0 bridgehead atoms. The largest absolute Gasteiger partial charge is 0.385 e. The highest BCUT2D eigenvalue weighted by molar-refractivity contribution is 5.07. The highest BCUT2D eigenvalue weighted by atomic mass is 16.3. The normalized spacial score (nSPS) is 15.9. The van der Waals surface area contributed by atoms with Crippen LogP contribution in [-0.4, -0.2) is 16.1 Å². The van der Waals surface area contributed by atoms with E-state index in [0.29, 0.717) is 5.69 Å². The van der Waals surface area contributed by atoms with Crippen molar-refractivity contribution in [3.8, 4) is 0 Å². The van der Waals surface area contributed by atoms with Gasteiger partial charge in [-0.25, -0.2) is 0 Å². The van der Waals surface area contributed by atoms with Gasteiger partial charge in [0.05, 0.1) is 5.69 Å². The fraction of sp³-hybridized carbons (Fsp3) is 0.375. The fourth-order valence-electron chi connectivity index (χ4n) is 0.820. The number of nitrogens with zero attached hydrogens (tertiary/aromatic N) is 1. The predicted octanol–water partition coefficient (Wildman–Crippen LogP) is 0.462. The molecule has 0 radical (unpaired) electrons. The van der Waals surface area contributed by atoms with Gasteiger partial charge in [-0.3, -0.25) is 4.98 Å². The number of rotatable bonds is 2. The van der Waals surface area contributed by atoms with Gasteiger partial charge in [0.2, 0.25) is 0 Å². The molecule has 2 atom stereocenters. The van der Waals surface area contributed by atoms with Gasteiger partial charge in [-0.05, 0) is 19.1 Å². The molecule has 0 spiro atoms. The van der Waals surface area contributed by atoms with E-state index in [9.17, 15) is 5.11 Å². The van der Waals surface area contributed by atoms with Crippen LogP contribution in [0.2, 0.25) is 0 Å². The molecule has 0 saturated heterocycles. The maximum Gasteiger partial charge on any atom is 0.111 e. The Morgan fingerprint density at radius 2 is 2.27 bits per heavy atom. The number of hydrogen-bond donors (Lipinski definition) is 2. The summed E-state index contributed by atoms with van der Waals surface area (Å²) in [5.41, 5.74) is 6.11. The van der Waals surface area contributed by atoms with Crippen LogP contribution in [0.3, 0.4) is 0 Å². The lowest BCUT2D eigenvalue weighted by atomic mass is 10.1. The Bertz CT molecular complexity index is 211. The van der Waals surface area contributed by atoms with Crippen molar-refractivity contribution in [2.45, 2.75) is 19.1 Å². The zero-order chi connectivity index (χ0) is 8.27. The van der Waals surface area contributed by atoms with Crippen LogP contribution >= 0.6 is 0 Å². The summed E-state index contributed by atoms with van der Waals surface area (Å²) < 4.78 is 0. The second-order valence-corrected chi connectivity index (χ2v) is 2.56. The van der Waals surface area contributed by atoms with E-state index >= 15 is 0 Å². The number of aromatic nitrogens is 1. The molecule has 3 heteroatoms. The summed E-state index contributed by atoms with van der Waals surface area (Å²) in [5, 5.41) is 9.41. The van der Waals surface area contributed by atoms with Crippen molar-refractivity contribution in [3.63, 3.8) is 0 Å². The molecule has 0 aromatic carbocycles. The zero-order valence-electron chi connectivity index (χ0n) is 6.44. The van der Waals surface area contributed by atoms with Gasteiger partial charge in [0, 0.05) is 12.2 Å². The van der Waals surface area contributed by atoms with Gasteiger partial charge in [-0.2, -0.15) is 0 Å². The van der Waals surface area contributed by atoms with E-state index in [2.05, 4.69) is 4.98 Å². The minimum absolute atomic E-state index is 0.273. The topological polar surface area (TPSA) is 59.1 Å². The Kier molecular flexibility index (Phi) is 2.57. The molecular weight excluding hydrogens is 140 g/mol. The predicted molar refractivity (Wildman–Crippen MR) is 42.8 cm³/mol. The van der Waals surface area contributed by atoms with E-state index in [0.717, 1.165) is 0 Å². The number of hydrogen-bond acceptors (Lipinski definition) is 3. The van der Waals surface area contributed by atoms with Crippen molar-refractivity contribution in [3.05, 3.63) is 30.1 Å². The Balaban J connectivity index is 2.77. The lowest BCUT2D eigenvalue weighted by molar-refractivity contribution is 0.149. The van der Waals surface area contributed by atoms with Crippen LogP contribution < -0.4 is 5.73 Å². The molecule has 1 aromatic heterocycles. The number of aliphatic hydroxyl groups is 1. The third-order valence-corrected chi connectivity index (χ3v) is 1.49. The van der Waals surface area contributed by atoms with Crippen LogP contribution in [-0.2, 0) is 0 Å². The van der Waals surface area contributed by atoms with Gasteiger partial charge in [0.15, 0.2) is 0 Å². The molecule has 3 N–H and O–H groups in total. The fourth-order valence-corrected chi connectivity index (χ4v) is 0.820. The molecular formula is C8H12N2O. The third-order valence-electron chi connectivity index (χ3n) is 1.49. The lowest BCUT2D eigenvalue weighted by Gasteiger charge is -2.12. The maximum absolute atomic E-state index is 9.41. The average Bonchev–Trinajstić information content (AvgIpc) is 2.05. The second kappa shape index (κ2) is 3.46. The standard InChI is InChI=1S/C8H12N2O/c1-6(9)8(11)7-4-2-3-5-10-7/h2-6,8,11H,9H2,1H3/t6-,8?/m0/s1. The third kappa shape index (κ3) is 2.00. The highest BCUT2D eigenvalue weighted by Gasteiger charge is 2.12. The molecule has 0 aliphatic carbocycles. The summed E-state index contributed by atoms with van der Waals surface area (Å²) in [6, 6.07) is 5.12. The first kappa shape index (κ1) is 8.17. The van der Waals surface area contributed by atoms with Gasteiger partial charge in [0.25, 0.3) is 0 Å². The van der Waals surface area contributed by atoms with Gasteiger partial charge < -0.3 is 10.8 Å². The molecule has 60 valence electrons. The summed E-state index contributed by atoms with van der Waals surface area (Å²) in [4.78, 5) is 3.97. The molecule has 11 heavy (non-hydrogen) atoms. The van der Waals surface area contributed by atoms with Crippen LogP contribution in [0.5, 0.6) is 0 Å². The van der Waals surface area contributed by atoms with Crippen molar-refractivity contribution in [1.82, 2.24) is 4.98 Å². The Morgan fingerprint density at radius 1 is 1.55 bits per heavy atom. The van der Waals surface area contributed by atoms with E-state index in [-0.39, 0.29) is 6.04 Å². The molecule has 1 heterocycles. The van der Waals surface area contributed by atoms with Crippen molar-refractivity contribution in [1.29, 1.82) is 0 Å². The van der Waals surface area contributed by atoms with E-state index < -0.39 is 6.10 Å². The van der Waals surface area contributed by atoms with E-state index in [1.165, 1.54) is 0 Å².